The highest BCUT2D eigenvalue weighted by molar-refractivity contribution is 5.71. The molecule has 0 aliphatic heterocycles. The van der Waals surface area contributed by atoms with Crippen molar-refractivity contribution in [3.63, 3.8) is 0 Å². The van der Waals surface area contributed by atoms with Gasteiger partial charge in [0.1, 0.15) is 13.2 Å². The summed E-state index contributed by atoms with van der Waals surface area (Å²) in [6.45, 7) is 6.45. The molecular formula is C73H120O6. The van der Waals surface area contributed by atoms with Gasteiger partial charge in [-0.05, 0) is 135 Å². The number of allylic oxidation sites excluding steroid dienone is 22. The largest absolute Gasteiger partial charge is 0.462 e. The van der Waals surface area contributed by atoms with Gasteiger partial charge in [-0.15, -0.1) is 0 Å². The minimum Gasteiger partial charge on any atom is -0.462 e. The zero-order chi connectivity index (χ0) is 57.1. The van der Waals surface area contributed by atoms with Crippen LogP contribution in [0.2, 0.25) is 0 Å². The molecular weight excluding hydrogens is 973 g/mol. The summed E-state index contributed by atoms with van der Waals surface area (Å²) in [5.41, 5.74) is 0. The Bertz CT molecular complexity index is 1680. The predicted octanol–water partition coefficient (Wildman–Crippen LogP) is 22.5. The first kappa shape index (κ1) is 74.5. The molecule has 79 heavy (non-hydrogen) atoms. The molecule has 0 heterocycles. The van der Waals surface area contributed by atoms with Crippen LogP contribution in [0.5, 0.6) is 0 Å². The third-order valence-electron chi connectivity index (χ3n) is 13.6. The number of hydrogen-bond acceptors (Lipinski definition) is 6. The molecule has 0 aliphatic rings. The maximum atomic E-state index is 12.9. The van der Waals surface area contributed by atoms with E-state index in [0.717, 1.165) is 154 Å². The van der Waals surface area contributed by atoms with E-state index in [0.29, 0.717) is 19.3 Å². The molecule has 6 heteroatoms. The molecule has 1 atom stereocenters. The molecule has 0 bridgehead atoms. The number of hydrogen-bond donors (Lipinski definition) is 0. The Kier molecular flexibility index (Phi) is 62.3. The van der Waals surface area contributed by atoms with E-state index < -0.39 is 6.10 Å². The second-order valence-corrected chi connectivity index (χ2v) is 21.3. The maximum absolute atomic E-state index is 12.9. The average Bonchev–Trinajstić information content (AvgIpc) is 3.45. The van der Waals surface area contributed by atoms with Crippen LogP contribution in [0.1, 0.15) is 290 Å². The minimum atomic E-state index is -0.800. The second kappa shape index (κ2) is 66.1. The van der Waals surface area contributed by atoms with Gasteiger partial charge in [0.2, 0.25) is 0 Å². The van der Waals surface area contributed by atoms with Crippen LogP contribution >= 0.6 is 0 Å². The van der Waals surface area contributed by atoms with Gasteiger partial charge in [0, 0.05) is 19.3 Å². The lowest BCUT2D eigenvalue weighted by Gasteiger charge is -2.18. The fraction of sp³-hybridized carbons (Fsp3) is 0.658. The highest BCUT2D eigenvalue weighted by atomic mass is 16.6. The van der Waals surface area contributed by atoms with Crippen molar-refractivity contribution in [3.05, 3.63) is 134 Å². The summed E-state index contributed by atoms with van der Waals surface area (Å²) in [6, 6.07) is 0. The molecule has 0 aliphatic carbocycles. The molecule has 0 fully saturated rings. The van der Waals surface area contributed by atoms with Gasteiger partial charge in [-0.2, -0.15) is 0 Å². The van der Waals surface area contributed by atoms with Crippen LogP contribution < -0.4 is 0 Å². The monoisotopic (exact) mass is 1090 g/mol. The van der Waals surface area contributed by atoms with Crippen molar-refractivity contribution in [2.75, 3.05) is 13.2 Å². The summed E-state index contributed by atoms with van der Waals surface area (Å²) < 4.78 is 16.9. The fourth-order valence-electron chi connectivity index (χ4n) is 8.70. The number of carbonyl (C=O) groups excluding carboxylic acids is 3. The molecule has 0 aromatic carbocycles. The first-order valence-corrected chi connectivity index (χ1v) is 32.7. The van der Waals surface area contributed by atoms with Crippen LogP contribution in [0, 0.1) is 0 Å². The van der Waals surface area contributed by atoms with Crippen LogP contribution in [0.3, 0.4) is 0 Å². The van der Waals surface area contributed by atoms with Crippen LogP contribution in [0.4, 0.5) is 0 Å². The van der Waals surface area contributed by atoms with Crippen LogP contribution in [0.15, 0.2) is 134 Å². The number of unbranched alkanes of at least 4 members (excludes halogenated alkanes) is 25. The van der Waals surface area contributed by atoms with Gasteiger partial charge in [-0.25, -0.2) is 0 Å². The van der Waals surface area contributed by atoms with E-state index in [1.807, 2.05) is 0 Å². The van der Waals surface area contributed by atoms with Crippen molar-refractivity contribution in [1.29, 1.82) is 0 Å². The third-order valence-corrected chi connectivity index (χ3v) is 13.6. The molecule has 448 valence electrons. The maximum Gasteiger partial charge on any atom is 0.306 e. The SMILES string of the molecule is CC/C=C\C/C=C\C/C=C\C/C=C\C/C=C\C/C=C\C/C=C\CCCCCCCC(=O)OCC(COC(=O)CCCCCCC/C=C\CCCC)OC(=O)CCCCCCCCCC/C=C\C/C=C\C/C=C\CCCCCCC. The van der Waals surface area contributed by atoms with Gasteiger partial charge < -0.3 is 14.2 Å². The number of carbonyl (C=O) groups is 3. The van der Waals surface area contributed by atoms with Gasteiger partial charge in [-0.1, -0.05) is 270 Å². The molecule has 0 aromatic heterocycles. The Morgan fingerprint density at radius 3 is 0.823 bits per heavy atom. The van der Waals surface area contributed by atoms with Crippen molar-refractivity contribution in [3.8, 4) is 0 Å². The van der Waals surface area contributed by atoms with Gasteiger partial charge in [0.25, 0.3) is 0 Å². The Morgan fingerprint density at radius 1 is 0.266 bits per heavy atom. The molecule has 0 amide bonds. The average molecular weight is 1090 g/mol. The third kappa shape index (κ3) is 64.3. The van der Waals surface area contributed by atoms with Gasteiger partial charge in [-0.3, -0.25) is 14.4 Å². The Morgan fingerprint density at radius 2 is 0.506 bits per heavy atom. The smallest absolute Gasteiger partial charge is 0.306 e. The fourth-order valence-corrected chi connectivity index (χ4v) is 8.70. The predicted molar refractivity (Wildman–Crippen MR) is 343 cm³/mol. The van der Waals surface area contributed by atoms with E-state index in [2.05, 4.69) is 154 Å². The van der Waals surface area contributed by atoms with E-state index in [-0.39, 0.29) is 31.1 Å². The molecule has 1 unspecified atom stereocenters. The molecule has 0 rings (SSSR count). The van der Waals surface area contributed by atoms with Crippen molar-refractivity contribution < 1.29 is 28.6 Å². The second-order valence-electron chi connectivity index (χ2n) is 21.3. The van der Waals surface area contributed by atoms with Crippen molar-refractivity contribution >= 4 is 17.9 Å². The highest BCUT2D eigenvalue weighted by Gasteiger charge is 2.19. The van der Waals surface area contributed by atoms with Gasteiger partial charge >= 0.3 is 17.9 Å². The highest BCUT2D eigenvalue weighted by Crippen LogP contribution is 2.15. The molecule has 0 aromatic rings. The number of esters is 3. The van der Waals surface area contributed by atoms with Gasteiger partial charge in [0.05, 0.1) is 0 Å². The van der Waals surface area contributed by atoms with E-state index in [4.69, 9.17) is 14.2 Å². The molecule has 0 N–H and O–H groups in total. The standard InChI is InChI=1S/C73H120O6/c1-4-7-10-13-16-19-22-24-26-28-30-32-34-35-36-37-39-40-42-44-46-48-51-54-57-60-63-66-72(75)78-69-70(68-77-71(74)65-62-59-56-53-50-21-18-15-12-9-6-3)79-73(76)67-64-61-58-55-52-49-47-45-43-41-38-33-31-29-27-25-23-20-17-14-11-8-5-2/h7,10,15-16,18-19,23-26,29-32,35-36,38-41,44,46,70H,4-6,8-9,11-14,17,20-22,27-28,33-34,37,42-43,45,47-69H2,1-3H3/b10-7-,18-15-,19-16-,25-23-,26-24-,31-29-,32-30-,36-35-,40-39-,41-38-,46-44-. The molecule has 0 spiro atoms. The summed E-state index contributed by atoms with van der Waals surface area (Å²) in [7, 11) is 0. The summed E-state index contributed by atoms with van der Waals surface area (Å²) in [5.74, 6) is -0.930. The summed E-state index contributed by atoms with van der Waals surface area (Å²) >= 11 is 0. The van der Waals surface area contributed by atoms with Crippen molar-refractivity contribution in [2.45, 2.75) is 297 Å². The first-order valence-electron chi connectivity index (χ1n) is 32.7. The van der Waals surface area contributed by atoms with Gasteiger partial charge in [0.15, 0.2) is 6.10 Å². The Labute approximate surface area is 487 Å². The van der Waals surface area contributed by atoms with Crippen LogP contribution in [0.25, 0.3) is 0 Å². The Hall–Kier alpha value is -4.45. The normalized spacial score (nSPS) is 13.0. The molecule has 6 nitrogen and oxygen atoms in total. The van der Waals surface area contributed by atoms with Crippen molar-refractivity contribution in [1.82, 2.24) is 0 Å². The van der Waals surface area contributed by atoms with Crippen LogP contribution in [-0.2, 0) is 28.6 Å². The summed E-state index contributed by atoms with van der Waals surface area (Å²) in [4.78, 5) is 38.3. The van der Waals surface area contributed by atoms with E-state index in [1.165, 1.54) is 96.3 Å². The summed E-state index contributed by atoms with van der Waals surface area (Å²) in [6.07, 6.45) is 93.1. The number of rotatable bonds is 58. The lowest BCUT2D eigenvalue weighted by molar-refractivity contribution is -0.167. The topological polar surface area (TPSA) is 78.9 Å². The lowest BCUT2D eigenvalue weighted by atomic mass is 10.1. The molecule has 0 radical (unpaired) electrons. The quantitative estimate of drug-likeness (QED) is 0.0261. The van der Waals surface area contributed by atoms with Crippen LogP contribution in [-0.4, -0.2) is 37.2 Å². The molecule has 0 saturated heterocycles. The zero-order valence-electron chi connectivity index (χ0n) is 51.3. The summed E-state index contributed by atoms with van der Waals surface area (Å²) in [5, 5.41) is 0. The zero-order valence-corrected chi connectivity index (χ0v) is 51.3. The Balaban J connectivity index is 4.37. The first-order chi connectivity index (χ1) is 39.0. The van der Waals surface area contributed by atoms with Crippen molar-refractivity contribution in [2.24, 2.45) is 0 Å². The van der Waals surface area contributed by atoms with E-state index in [9.17, 15) is 14.4 Å². The lowest BCUT2D eigenvalue weighted by Crippen LogP contribution is -2.30. The molecule has 0 saturated carbocycles. The van der Waals surface area contributed by atoms with E-state index in [1.54, 1.807) is 0 Å². The minimum absolute atomic E-state index is 0.0951. The number of ether oxygens (including phenoxy) is 3. The van der Waals surface area contributed by atoms with E-state index >= 15 is 0 Å².